The Balaban J connectivity index is 1.70. The number of para-hydroxylation sites is 1. The molecule has 0 aliphatic carbocycles. The van der Waals surface area contributed by atoms with Gasteiger partial charge in [0.25, 0.3) is 5.56 Å². The van der Waals surface area contributed by atoms with E-state index in [-0.39, 0.29) is 17.1 Å². The van der Waals surface area contributed by atoms with Gasteiger partial charge in [-0.05, 0) is 66.9 Å². The molecule has 4 rings (SSSR count). The van der Waals surface area contributed by atoms with Crippen LogP contribution in [0, 0.1) is 0 Å². The number of Topliss-reactive ketones (excluding diaryl/α,β-unsaturated/α-hetero) is 1. The number of halogens is 2. The number of carbonyl (C=O) groups is 1. The van der Waals surface area contributed by atoms with Crippen molar-refractivity contribution in [3.8, 4) is 11.4 Å². The van der Waals surface area contributed by atoms with Crippen LogP contribution in [0.5, 0.6) is 5.75 Å². The van der Waals surface area contributed by atoms with Crippen LogP contribution in [0.3, 0.4) is 0 Å². The minimum Gasteiger partial charge on any atom is -0.435 e. The smallest absolute Gasteiger partial charge is 0.387 e. The van der Waals surface area contributed by atoms with Crippen molar-refractivity contribution in [1.29, 1.82) is 0 Å². The Hall–Kier alpha value is -3.52. The van der Waals surface area contributed by atoms with Gasteiger partial charge in [0.2, 0.25) is 0 Å². The number of nitrogens with zero attached hydrogens (tertiary/aromatic N) is 2. The van der Waals surface area contributed by atoms with E-state index >= 15 is 0 Å². The number of benzene rings is 3. The Morgan fingerprint density at radius 2 is 1.60 bits per heavy atom. The zero-order valence-corrected chi connectivity index (χ0v) is 20.3. The van der Waals surface area contributed by atoms with Crippen molar-refractivity contribution in [3.63, 3.8) is 0 Å². The van der Waals surface area contributed by atoms with Gasteiger partial charge in [0.15, 0.2) is 10.9 Å². The fourth-order valence-corrected chi connectivity index (χ4v) is 4.68. The summed E-state index contributed by atoms with van der Waals surface area (Å²) < 4.78 is 30.7. The summed E-state index contributed by atoms with van der Waals surface area (Å²) in [7, 11) is 0. The first-order valence-corrected chi connectivity index (χ1v) is 12.0. The molecule has 0 fully saturated rings. The Bertz CT molecular complexity index is 1400. The molecule has 1 aromatic heterocycles. The number of fused-ring (bicyclic) bond motifs is 1. The maximum Gasteiger partial charge on any atom is 0.387 e. The van der Waals surface area contributed by atoms with E-state index in [2.05, 4.69) is 18.6 Å². The second-order valence-electron chi connectivity index (χ2n) is 8.33. The van der Waals surface area contributed by atoms with Gasteiger partial charge in [-0.2, -0.15) is 8.78 Å². The Morgan fingerprint density at radius 1 is 0.943 bits per heavy atom. The summed E-state index contributed by atoms with van der Waals surface area (Å²) in [6.45, 7) is 2.99. The molecule has 35 heavy (non-hydrogen) atoms. The summed E-state index contributed by atoms with van der Waals surface area (Å²) in [5.74, 6) is 0.105. The van der Waals surface area contributed by atoms with Crippen molar-refractivity contribution in [2.45, 2.75) is 43.7 Å². The zero-order valence-electron chi connectivity index (χ0n) is 19.4. The van der Waals surface area contributed by atoms with Gasteiger partial charge in [-0.15, -0.1) is 0 Å². The summed E-state index contributed by atoms with van der Waals surface area (Å²) in [6, 6.07) is 20.4. The second kappa shape index (κ2) is 10.4. The van der Waals surface area contributed by atoms with Crippen LogP contribution in [0.1, 0.15) is 42.6 Å². The lowest BCUT2D eigenvalue weighted by atomic mass is 10.0. The van der Waals surface area contributed by atoms with Crippen LogP contribution in [-0.4, -0.2) is 27.2 Å². The van der Waals surface area contributed by atoms with Gasteiger partial charge in [0.1, 0.15) is 5.75 Å². The molecule has 4 aromatic rings. The third-order valence-electron chi connectivity index (χ3n) is 5.58. The number of carbonyl (C=O) groups excluding carboxylic acids is 1. The molecule has 0 radical (unpaired) electrons. The van der Waals surface area contributed by atoms with E-state index in [1.54, 1.807) is 25.1 Å². The van der Waals surface area contributed by atoms with Crippen LogP contribution in [0.15, 0.2) is 82.7 Å². The molecule has 8 heteroatoms. The molecule has 3 aromatic carbocycles. The van der Waals surface area contributed by atoms with Crippen molar-refractivity contribution >= 4 is 28.4 Å². The zero-order chi connectivity index (χ0) is 25.1. The van der Waals surface area contributed by atoms with Gasteiger partial charge >= 0.3 is 6.61 Å². The monoisotopic (exact) mass is 494 g/mol. The highest BCUT2D eigenvalue weighted by Gasteiger charge is 2.22. The number of alkyl halides is 2. The molecule has 1 heterocycles. The molecular formula is C27H24F2N2O3S. The first-order chi connectivity index (χ1) is 16.7. The van der Waals surface area contributed by atoms with Crippen LogP contribution in [-0.2, 0) is 0 Å². The van der Waals surface area contributed by atoms with Crippen LogP contribution in [0.2, 0.25) is 0 Å². The molecule has 0 saturated carbocycles. The lowest BCUT2D eigenvalue weighted by molar-refractivity contribution is -0.0498. The van der Waals surface area contributed by atoms with E-state index in [1.807, 2.05) is 30.3 Å². The predicted molar refractivity (Wildman–Crippen MR) is 134 cm³/mol. The van der Waals surface area contributed by atoms with Crippen molar-refractivity contribution in [2.75, 3.05) is 0 Å². The van der Waals surface area contributed by atoms with Gasteiger partial charge in [0, 0.05) is 5.56 Å². The van der Waals surface area contributed by atoms with Crippen LogP contribution < -0.4 is 10.3 Å². The maximum absolute atomic E-state index is 13.5. The minimum atomic E-state index is -2.93. The third kappa shape index (κ3) is 5.43. The highest BCUT2D eigenvalue weighted by molar-refractivity contribution is 8.00. The van der Waals surface area contributed by atoms with Crippen molar-refractivity contribution < 1.29 is 18.3 Å². The molecule has 0 aliphatic heterocycles. The molecule has 0 bridgehead atoms. The largest absolute Gasteiger partial charge is 0.435 e. The number of thioether (sulfide) groups is 1. The number of hydrogen-bond donors (Lipinski definition) is 0. The van der Waals surface area contributed by atoms with Crippen molar-refractivity contribution in [2.24, 2.45) is 0 Å². The van der Waals surface area contributed by atoms with Gasteiger partial charge in [-0.3, -0.25) is 14.2 Å². The molecule has 0 aliphatic rings. The second-order valence-corrected chi connectivity index (χ2v) is 9.63. The Kier molecular flexibility index (Phi) is 7.31. The molecule has 0 N–H and O–H groups in total. The highest BCUT2D eigenvalue weighted by atomic mass is 32.2. The summed E-state index contributed by atoms with van der Waals surface area (Å²) >= 11 is 1.17. The maximum atomic E-state index is 13.5. The lowest BCUT2D eigenvalue weighted by Crippen LogP contribution is -2.23. The summed E-state index contributed by atoms with van der Waals surface area (Å²) in [5.41, 5.74) is 2.48. The topological polar surface area (TPSA) is 61.2 Å². The van der Waals surface area contributed by atoms with Crippen LogP contribution >= 0.6 is 11.8 Å². The first-order valence-electron chi connectivity index (χ1n) is 11.1. The average molecular weight is 495 g/mol. The van der Waals surface area contributed by atoms with Crippen molar-refractivity contribution in [3.05, 3.63) is 94.3 Å². The fourth-order valence-electron chi connectivity index (χ4n) is 3.67. The van der Waals surface area contributed by atoms with E-state index in [4.69, 9.17) is 4.98 Å². The van der Waals surface area contributed by atoms with Crippen LogP contribution in [0.25, 0.3) is 16.6 Å². The lowest BCUT2D eigenvalue weighted by Gasteiger charge is -2.17. The van der Waals surface area contributed by atoms with E-state index in [9.17, 15) is 18.4 Å². The molecule has 5 nitrogen and oxygen atoms in total. The Labute approximate surface area is 205 Å². The van der Waals surface area contributed by atoms with E-state index < -0.39 is 11.9 Å². The molecule has 0 unspecified atom stereocenters. The molecular weight excluding hydrogens is 470 g/mol. The van der Waals surface area contributed by atoms with E-state index in [0.717, 1.165) is 5.56 Å². The fraction of sp³-hybridized carbons (Fsp3) is 0.222. The molecule has 180 valence electrons. The van der Waals surface area contributed by atoms with Crippen molar-refractivity contribution in [1.82, 2.24) is 9.55 Å². The molecule has 0 amide bonds. The number of aromatic nitrogens is 2. The SMILES string of the molecule is CC(C)c1ccc(-n2c(S[C@H](C)C(=O)c3ccc(OC(F)F)cc3)nc3ccccc3c2=O)cc1. The van der Waals surface area contributed by atoms with Gasteiger partial charge < -0.3 is 4.74 Å². The predicted octanol–water partition coefficient (Wildman–Crippen LogP) is 6.47. The molecule has 1 atom stereocenters. The standard InChI is InChI=1S/C27H24F2N2O3S/c1-16(2)18-8-12-20(13-9-18)31-25(33)22-6-4-5-7-23(22)30-27(31)35-17(3)24(32)19-10-14-21(15-11-19)34-26(28)29/h4-17,26H,1-3H3/t17-/m1/s1. The number of hydrogen-bond acceptors (Lipinski definition) is 5. The quantitative estimate of drug-likeness (QED) is 0.160. The molecule has 0 spiro atoms. The molecule has 0 saturated heterocycles. The van der Waals surface area contributed by atoms with Gasteiger partial charge in [0.05, 0.1) is 21.8 Å². The van der Waals surface area contributed by atoms with E-state index in [1.165, 1.54) is 40.6 Å². The number of rotatable bonds is 8. The minimum absolute atomic E-state index is 0.0215. The normalized spacial score (nSPS) is 12.3. The number of ether oxygens (including phenoxy) is 1. The van der Waals surface area contributed by atoms with E-state index in [0.29, 0.717) is 33.2 Å². The highest BCUT2D eigenvalue weighted by Crippen LogP contribution is 2.28. The average Bonchev–Trinajstić information content (AvgIpc) is 2.84. The summed E-state index contributed by atoms with van der Waals surface area (Å²) in [5, 5.41) is 0.286. The van der Waals surface area contributed by atoms with Gasteiger partial charge in [-0.1, -0.05) is 49.9 Å². The van der Waals surface area contributed by atoms with Gasteiger partial charge in [-0.25, -0.2) is 4.98 Å². The Morgan fingerprint density at radius 3 is 2.23 bits per heavy atom. The van der Waals surface area contributed by atoms with Crippen LogP contribution in [0.4, 0.5) is 8.78 Å². The number of ketones is 1. The third-order valence-corrected chi connectivity index (χ3v) is 6.63. The summed E-state index contributed by atoms with van der Waals surface area (Å²) in [4.78, 5) is 31.2. The first kappa shape index (κ1) is 24.6. The summed E-state index contributed by atoms with van der Waals surface area (Å²) in [6.07, 6.45) is 0.